The zero-order valence-corrected chi connectivity index (χ0v) is 11.9. The van der Waals surface area contributed by atoms with Gasteiger partial charge in [-0.25, -0.2) is 0 Å². The average Bonchev–Trinajstić information content (AvgIpc) is 2.49. The van der Waals surface area contributed by atoms with Crippen molar-refractivity contribution in [2.24, 2.45) is 0 Å². The van der Waals surface area contributed by atoms with Gasteiger partial charge in [0, 0.05) is 5.69 Å². The number of ether oxygens (including phenoxy) is 1. The highest BCUT2D eigenvalue weighted by Gasteiger charge is 2.05. The number of carbonyl (C=O) groups is 1. The Morgan fingerprint density at radius 3 is 2.81 bits per heavy atom. The maximum Gasteiger partial charge on any atom is 0.227 e. The number of halogens is 1. The quantitative estimate of drug-likeness (QED) is 0.917. The lowest BCUT2D eigenvalue weighted by Gasteiger charge is -2.08. The Kier molecular flexibility index (Phi) is 5.19. The third-order valence-corrected chi connectivity index (χ3v) is 3.01. The summed E-state index contributed by atoms with van der Waals surface area (Å²) < 4.78 is 5.44. The lowest BCUT2D eigenvalue weighted by Crippen LogP contribution is -2.15. The predicted molar refractivity (Wildman–Crippen MR) is 81.4 cm³/mol. The van der Waals surface area contributed by atoms with Gasteiger partial charge >= 0.3 is 0 Å². The fourth-order valence-electron chi connectivity index (χ4n) is 1.71. The highest BCUT2D eigenvalue weighted by atomic mass is 35.5. The van der Waals surface area contributed by atoms with Gasteiger partial charge in [-0.05, 0) is 30.3 Å². The second-order valence-corrected chi connectivity index (χ2v) is 4.68. The molecule has 0 saturated carbocycles. The van der Waals surface area contributed by atoms with Crippen LogP contribution in [0.5, 0.6) is 5.75 Å². The number of para-hydroxylation sites is 1. The number of nitrogens with one attached hydrogen (secondary N) is 1. The van der Waals surface area contributed by atoms with Gasteiger partial charge in [-0.1, -0.05) is 29.8 Å². The Morgan fingerprint density at radius 2 is 2.05 bits per heavy atom. The molecule has 0 spiro atoms. The fourth-order valence-corrected chi connectivity index (χ4v) is 1.90. The summed E-state index contributed by atoms with van der Waals surface area (Å²) in [6.45, 7) is 0.230. The normalized spacial score (nSPS) is 9.71. The van der Waals surface area contributed by atoms with Crippen LogP contribution in [0.4, 0.5) is 5.69 Å². The maximum atomic E-state index is 11.8. The van der Waals surface area contributed by atoms with E-state index in [0.717, 1.165) is 0 Å². The van der Waals surface area contributed by atoms with Crippen LogP contribution in [-0.4, -0.2) is 12.5 Å². The first-order valence-electron chi connectivity index (χ1n) is 6.36. The van der Waals surface area contributed by atoms with Crippen molar-refractivity contribution in [3.8, 4) is 11.8 Å². The minimum absolute atomic E-state index is 0.183. The number of amides is 1. The minimum atomic E-state index is -0.183. The third-order valence-electron chi connectivity index (χ3n) is 2.70. The van der Waals surface area contributed by atoms with Crippen LogP contribution in [0.25, 0.3) is 0 Å². The third kappa shape index (κ3) is 4.51. The van der Waals surface area contributed by atoms with Gasteiger partial charge in [0.15, 0.2) is 0 Å². The summed E-state index contributed by atoms with van der Waals surface area (Å²) in [6, 6.07) is 15.9. The summed E-state index contributed by atoms with van der Waals surface area (Å²) in [6.07, 6.45) is 0.196. The van der Waals surface area contributed by atoms with Gasteiger partial charge in [-0.3, -0.25) is 4.79 Å². The molecule has 2 aromatic rings. The van der Waals surface area contributed by atoms with Crippen LogP contribution < -0.4 is 10.1 Å². The van der Waals surface area contributed by atoms with Crippen LogP contribution in [-0.2, 0) is 4.79 Å². The van der Waals surface area contributed by atoms with E-state index in [2.05, 4.69) is 5.32 Å². The monoisotopic (exact) mass is 300 g/mol. The highest BCUT2D eigenvalue weighted by molar-refractivity contribution is 6.32. The maximum absolute atomic E-state index is 11.8. The molecule has 0 fully saturated rings. The number of anilines is 1. The Hall–Kier alpha value is -2.51. The molecule has 0 aromatic heterocycles. The van der Waals surface area contributed by atoms with Gasteiger partial charge in [0.25, 0.3) is 0 Å². The topological polar surface area (TPSA) is 62.1 Å². The zero-order valence-electron chi connectivity index (χ0n) is 11.2. The minimum Gasteiger partial charge on any atom is -0.491 e. The van der Waals surface area contributed by atoms with Crippen molar-refractivity contribution in [3.05, 3.63) is 59.1 Å². The number of carbonyl (C=O) groups excluding carboxylic acids is 1. The van der Waals surface area contributed by atoms with Gasteiger partial charge in [0.1, 0.15) is 5.75 Å². The lowest BCUT2D eigenvalue weighted by molar-refractivity contribution is -0.116. The highest BCUT2D eigenvalue weighted by Crippen LogP contribution is 2.23. The molecule has 0 radical (unpaired) electrons. The molecule has 2 rings (SSSR count). The van der Waals surface area contributed by atoms with Crippen molar-refractivity contribution >= 4 is 23.2 Å². The molecule has 21 heavy (non-hydrogen) atoms. The van der Waals surface area contributed by atoms with Gasteiger partial charge in [0.05, 0.1) is 29.7 Å². The largest absolute Gasteiger partial charge is 0.491 e. The Bertz CT molecular complexity index is 680. The van der Waals surface area contributed by atoms with Crippen LogP contribution in [0.2, 0.25) is 5.02 Å². The molecule has 0 aliphatic rings. The molecule has 0 bridgehead atoms. The second kappa shape index (κ2) is 7.32. The summed E-state index contributed by atoms with van der Waals surface area (Å²) in [4.78, 5) is 11.8. The van der Waals surface area contributed by atoms with Gasteiger partial charge in [-0.2, -0.15) is 5.26 Å². The Balaban J connectivity index is 1.83. The molecule has 1 amide bonds. The van der Waals surface area contributed by atoms with Crippen molar-refractivity contribution in [1.82, 2.24) is 0 Å². The predicted octanol–water partition coefficient (Wildman–Crippen LogP) is 3.62. The summed E-state index contributed by atoms with van der Waals surface area (Å²) in [5.74, 6) is 0.371. The number of benzene rings is 2. The van der Waals surface area contributed by atoms with Crippen LogP contribution in [0.15, 0.2) is 48.5 Å². The molecule has 0 unspecified atom stereocenters. The van der Waals surface area contributed by atoms with E-state index in [-0.39, 0.29) is 18.9 Å². The van der Waals surface area contributed by atoms with Crippen LogP contribution in [0.3, 0.4) is 0 Å². The van der Waals surface area contributed by atoms with E-state index in [1.165, 1.54) is 0 Å². The van der Waals surface area contributed by atoms with E-state index < -0.39 is 0 Å². The van der Waals surface area contributed by atoms with E-state index in [1.54, 1.807) is 36.4 Å². The molecule has 0 atom stereocenters. The first-order chi connectivity index (χ1) is 10.2. The molecule has 106 valence electrons. The van der Waals surface area contributed by atoms with E-state index in [4.69, 9.17) is 21.6 Å². The summed E-state index contributed by atoms with van der Waals surface area (Å²) >= 11 is 5.95. The van der Waals surface area contributed by atoms with Crippen molar-refractivity contribution < 1.29 is 9.53 Å². The average molecular weight is 301 g/mol. The number of hydrogen-bond donors (Lipinski definition) is 1. The Morgan fingerprint density at radius 1 is 1.24 bits per heavy atom. The molecule has 4 nitrogen and oxygen atoms in total. The first-order valence-corrected chi connectivity index (χ1v) is 6.74. The van der Waals surface area contributed by atoms with Crippen LogP contribution in [0, 0.1) is 11.3 Å². The van der Waals surface area contributed by atoms with Gasteiger partial charge in [-0.15, -0.1) is 0 Å². The van der Waals surface area contributed by atoms with Gasteiger partial charge < -0.3 is 10.1 Å². The smallest absolute Gasteiger partial charge is 0.227 e. The molecule has 0 aliphatic heterocycles. The second-order valence-electron chi connectivity index (χ2n) is 4.27. The molecule has 1 N–H and O–H groups in total. The molecule has 0 heterocycles. The van der Waals surface area contributed by atoms with Crippen molar-refractivity contribution in [2.75, 3.05) is 11.9 Å². The summed E-state index contributed by atoms with van der Waals surface area (Å²) in [7, 11) is 0. The zero-order chi connectivity index (χ0) is 15.1. The molecule has 2 aromatic carbocycles. The molecule has 5 heteroatoms. The molecular formula is C16H13ClN2O2. The van der Waals surface area contributed by atoms with Crippen LogP contribution >= 0.6 is 11.6 Å². The van der Waals surface area contributed by atoms with Crippen molar-refractivity contribution in [1.29, 1.82) is 5.26 Å². The number of hydrogen-bond acceptors (Lipinski definition) is 3. The van der Waals surface area contributed by atoms with Crippen molar-refractivity contribution in [2.45, 2.75) is 6.42 Å². The fraction of sp³-hybridized carbons (Fsp3) is 0.125. The molecule has 0 aliphatic carbocycles. The SMILES string of the molecule is N#Cc1cccc(NC(=O)CCOc2ccccc2Cl)c1. The van der Waals surface area contributed by atoms with E-state index >= 15 is 0 Å². The first kappa shape index (κ1) is 14.9. The lowest BCUT2D eigenvalue weighted by atomic mass is 10.2. The Labute approximate surface area is 127 Å². The van der Waals surface area contributed by atoms with Crippen LogP contribution in [0.1, 0.15) is 12.0 Å². The summed E-state index contributed by atoms with van der Waals surface area (Å²) in [5.41, 5.74) is 1.09. The van der Waals surface area contributed by atoms with E-state index in [9.17, 15) is 4.79 Å². The summed E-state index contributed by atoms with van der Waals surface area (Å²) in [5, 5.41) is 12.0. The molecular weight excluding hydrogens is 288 g/mol. The van der Waals surface area contributed by atoms with E-state index in [0.29, 0.717) is 22.0 Å². The van der Waals surface area contributed by atoms with Gasteiger partial charge in [0.2, 0.25) is 5.91 Å². The molecule has 0 saturated heterocycles. The number of nitrogens with zero attached hydrogens (tertiary/aromatic N) is 1. The van der Waals surface area contributed by atoms with Crippen molar-refractivity contribution in [3.63, 3.8) is 0 Å². The van der Waals surface area contributed by atoms with E-state index in [1.807, 2.05) is 18.2 Å². The standard InChI is InChI=1S/C16H13ClN2O2/c17-14-6-1-2-7-15(14)21-9-8-16(20)19-13-5-3-4-12(10-13)11-18/h1-7,10H,8-9H2,(H,19,20). The number of nitriles is 1. The number of rotatable bonds is 5.